The Bertz CT molecular complexity index is 159. The summed E-state index contributed by atoms with van der Waals surface area (Å²) in [6, 6.07) is 0. The maximum atomic E-state index is 10.4. The van der Waals surface area contributed by atoms with Gasteiger partial charge in [-0.05, 0) is 6.92 Å². The molecule has 4 N–H and O–H groups in total. The molecule has 5 nitrogen and oxygen atoms in total. The molecule has 0 bridgehead atoms. The third-order valence-electron chi connectivity index (χ3n) is 1.65. The zero-order chi connectivity index (χ0) is 10.3. The number of carbonyl (C=O) groups excluding carboxylic acids is 1. The van der Waals surface area contributed by atoms with Gasteiger partial charge >= 0.3 is 0 Å². The van der Waals surface area contributed by atoms with E-state index in [0.717, 1.165) is 0 Å². The number of hydrogen-bond acceptors (Lipinski definition) is 4. The molecule has 0 aromatic rings. The Morgan fingerprint density at radius 2 is 2.31 bits per heavy atom. The third-order valence-corrected chi connectivity index (χ3v) is 1.65. The van der Waals surface area contributed by atoms with E-state index in [1.54, 1.807) is 14.0 Å². The maximum Gasteiger partial charge on any atom is 0.231 e. The Labute approximate surface area is 78.3 Å². The van der Waals surface area contributed by atoms with Gasteiger partial charge < -0.3 is 20.9 Å². The van der Waals surface area contributed by atoms with E-state index in [-0.39, 0.29) is 6.54 Å². The summed E-state index contributed by atoms with van der Waals surface area (Å²) in [5.41, 5.74) is 4.06. The SMILES string of the molecule is COCCC(C)(O)CNCC(N)=O. The van der Waals surface area contributed by atoms with Crippen LogP contribution in [0, 0.1) is 0 Å². The van der Waals surface area contributed by atoms with Crippen LogP contribution in [0.2, 0.25) is 0 Å². The largest absolute Gasteiger partial charge is 0.389 e. The molecule has 13 heavy (non-hydrogen) atoms. The fourth-order valence-electron chi connectivity index (χ4n) is 0.865. The molecule has 1 unspecified atom stereocenters. The number of methoxy groups -OCH3 is 1. The molecule has 0 rings (SSSR count). The Morgan fingerprint density at radius 3 is 2.77 bits per heavy atom. The smallest absolute Gasteiger partial charge is 0.231 e. The molecule has 0 aliphatic rings. The van der Waals surface area contributed by atoms with E-state index >= 15 is 0 Å². The van der Waals surface area contributed by atoms with Gasteiger partial charge in [0.05, 0.1) is 12.1 Å². The molecular formula is C8H18N2O3. The monoisotopic (exact) mass is 190 g/mol. The molecule has 0 aromatic carbocycles. The van der Waals surface area contributed by atoms with Gasteiger partial charge in [0.1, 0.15) is 0 Å². The van der Waals surface area contributed by atoms with Gasteiger partial charge in [0, 0.05) is 26.7 Å². The topological polar surface area (TPSA) is 84.6 Å². The highest BCUT2D eigenvalue weighted by Gasteiger charge is 2.19. The summed E-state index contributed by atoms with van der Waals surface area (Å²) >= 11 is 0. The van der Waals surface area contributed by atoms with Crippen LogP contribution in [0.25, 0.3) is 0 Å². The van der Waals surface area contributed by atoms with Gasteiger partial charge in [0.15, 0.2) is 0 Å². The van der Waals surface area contributed by atoms with E-state index < -0.39 is 11.5 Å². The predicted octanol–water partition coefficient (Wildman–Crippen LogP) is -1.15. The summed E-state index contributed by atoms with van der Waals surface area (Å²) in [6.07, 6.45) is 0.523. The van der Waals surface area contributed by atoms with Crippen LogP contribution in [0.1, 0.15) is 13.3 Å². The number of nitrogens with one attached hydrogen (secondary N) is 1. The molecule has 0 radical (unpaired) electrons. The summed E-state index contributed by atoms with van der Waals surface area (Å²) in [7, 11) is 1.58. The fraction of sp³-hybridized carbons (Fsp3) is 0.875. The molecule has 0 heterocycles. The zero-order valence-corrected chi connectivity index (χ0v) is 8.17. The first-order valence-electron chi connectivity index (χ1n) is 4.18. The van der Waals surface area contributed by atoms with E-state index in [2.05, 4.69) is 5.32 Å². The van der Waals surface area contributed by atoms with Crippen LogP contribution < -0.4 is 11.1 Å². The minimum atomic E-state index is -0.856. The third kappa shape index (κ3) is 7.70. The number of aliphatic hydroxyl groups is 1. The number of nitrogens with two attached hydrogens (primary N) is 1. The van der Waals surface area contributed by atoms with Crippen LogP contribution in [-0.2, 0) is 9.53 Å². The second-order valence-electron chi connectivity index (χ2n) is 3.31. The molecule has 0 fully saturated rings. The van der Waals surface area contributed by atoms with Gasteiger partial charge in [-0.15, -0.1) is 0 Å². The number of ether oxygens (including phenoxy) is 1. The molecule has 1 atom stereocenters. The normalized spacial score (nSPS) is 15.3. The lowest BCUT2D eigenvalue weighted by atomic mass is 10.0. The molecule has 0 aliphatic carbocycles. The van der Waals surface area contributed by atoms with E-state index in [0.29, 0.717) is 19.6 Å². The van der Waals surface area contributed by atoms with Crippen LogP contribution >= 0.6 is 0 Å². The van der Waals surface area contributed by atoms with Crippen molar-refractivity contribution < 1.29 is 14.6 Å². The lowest BCUT2D eigenvalue weighted by Crippen LogP contribution is -2.41. The molecule has 5 heteroatoms. The molecule has 0 aromatic heterocycles. The Hall–Kier alpha value is -0.650. The van der Waals surface area contributed by atoms with Crippen molar-refractivity contribution in [1.82, 2.24) is 5.32 Å². The summed E-state index contributed by atoms with van der Waals surface area (Å²) < 4.78 is 4.83. The first kappa shape index (κ1) is 12.3. The number of carbonyl (C=O) groups is 1. The molecule has 1 amide bonds. The minimum absolute atomic E-state index is 0.0864. The summed E-state index contributed by atoms with van der Waals surface area (Å²) in [5.74, 6) is -0.428. The Morgan fingerprint density at radius 1 is 1.69 bits per heavy atom. The molecule has 0 spiro atoms. The van der Waals surface area contributed by atoms with Crippen molar-refractivity contribution in [3.63, 3.8) is 0 Å². The van der Waals surface area contributed by atoms with Crippen molar-refractivity contribution in [2.75, 3.05) is 26.8 Å². The number of primary amides is 1. The van der Waals surface area contributed by atoms with Crippen LogP contribution in [-0.4, -0.2) is 43.4 Å². The maximum absolute atomic E-state index is 10.4. The van der Waals surface area contributed by atoms with Crippen molar-refractivity contribution in [2.24, 2.45) is 5.73 Å². The quantitative estimate of drug-likeness (QED) is 0.473. The van der Waals surface area contributed by atoms with Crippen LogP contribution in [0.5, 0.6) is 0 Å². The van der Waals surface area contributed by atoms with E-state index in [1.807, 2.05) is 0 Å². The van der Waals surface area contributed by atoms with Gasteiger partial charge in [-0.2, -0.15) is 0 Å². The number of rotatable bonds is 7. The highest BCUT2D eigenvalue weighted by molar-refractivity contribution is 5.75. The lowest BCUT2D eigenvalue weighted by Gasteiger charge is -2.22. The second kappa shape index (κ2) is 5.90. The van der Waals surface area contributed by atoms with Crippen molar-refractivity contribution in [3.05, 3.63) is 0 Å². The highest BCUT2D eigenvalue weighted by Crippen LogP contribution is 2.06. The molecule has 0 aliphatic heterocycles. The fourth-order valence-corrected chi connectivity index (χ4v) is 0.865. The van der Waals surface area contributed by atoms with Gasteiger partial charge in [0.25, 0.3) is 0 Å². The standard InChI is InChI=1S/C8H18N2O3/c1-8(12,3-4-13-2)6-10-5-7(9)11/h10,12H,3-6H2,1-2H3,(H2,9,11). The summed E-state index contributed by atoms with van der Waals surface area (Å²) in [6.45, 7) is 2.59. The zero-order valence-electron chi connectivity index (χ0n) is 8.17. The first-order chi connectivity index (χ1) is 5.98. The average Bonchev–Trinajstić information content (AvgIpc) is 2.00. The van der Waals surface area contributed by atoms with Crippen LogP contribution in [0.3, 0.4) is 0 Å². The van der Waals surface area contributed by atoms with Gasteiger partial charge in [-0.3, -0.25) is 4.79 Å². The Kier molecular flexibility index (Phi) is 5.61. The summed E-state index contributed by atoms with van der Waals surface area (Å²) in [5, 5.41) is 12.4. The average molecular weight is 190 g/mol. The van der Waals surface area contributed by atoms with Crippen LogP contribution in [0.4, 0.5) is 0 Å². The predicted molar refractivity (Wildman–Crippen MR) is 49.2 cm³/mol. The van der Waals surface area contributed by atoms with Crippen LogP contribution in [0.15, 0.2) is 0 Å². The van der Waals surface area contributed by atoms with E-state index in [4.69, 9.17) is 10.5 Å². The lowest BCUT2D eigenvalue weighted by molar-refractivity contribution is -0.117. The first-order valence-corrected chi connectivity index (χ1v) is 4.18. The van der Waals surface area contributed by atoms with Crippen molar-refractivity contribution in [1.29, 1.82) is 0 Å². The highest BCUT2D eigenvalue weighted by atomic mass is 16.5. The number of amides is 1. The Balaban J connectivity index is 3.56. The van der Waals surface area contributed by atoms with Gasteiger partial charge in [0.2, 0.25) is 5.91 Å². The number of hydrogen-bond donors (Lipinski definition) is 3. The molecule has 78 valence electrons. The van der Waals surface area contributed by atoms with Crippen molar-refractivity contribution in [3.8, 4) is 0 Å². The summed E-state index contributed by atoms with van der Waals surface area (Å²) in [4.78, 5) is 10.4. The van der Waals surface area contributed by atoms with E-state index in [9.17, 15) is 9.90 Å². The van der Waals surface area contributed by atoms with Crippen molar-refractivity contribution >= 4 is 5.91 Å². The van der Waals surface area contributed by atoms with Crippen molar-refractivity contribution in [2.45, 2.75) is 18.9 Å². The van der Waals surface area contributed by atoms with E-state index in [1.165, 1.54) is 0 Å². The second-order valence-corrected chi connectivity index (χ2v) is 3.31. The van der Waals surface area contributed by atoms with Gasteiger partial charge in [-0.25, -0.2) is 0 Å². The molecular weight excluding hydrogens is 172 g/mol. The van der Waals surface area contributed by atoms with Gasteiger partial charge in [-0.1, -0.05) is 0 Å². The minimum Gasteiger partial charge on any atom is -0.389 e. The molecule has 0 saturated heterocycles. The molecule has 0 saturated carbocycles.